The molecule has 1 aliphatic rings. The summed E-state index contributed by atoms with van der Waals surface area (Å²) in [5.41, 5.74) is 0. The maximum absolute atomic E-state index is 11.1. The zero-order valence-corrected chi connectivity index (χ0v) is 6.79. The highest BCUT2D eigenvalue weighted by Gasteiger charge is 2.36. The van der Waals surface area contributed by atoms with Crippen molar-refractivity contribution in [1.29, 1.82) is 0 Å². The Morgan fingerprint density at radius 3 is 2.60 bits per heavy atom. The van der Waals surface area contributed by atoms with E-state index in [1.54, 1.807) is 0 Å². The van der Waals surface area contributed by atoms with Gasteiger partial charge in [-0.3, -0.25) is 9.69 Å². The van der Waals surface area contributed by atoms with Crippen LogP contribution in [0.2, 0.25) is 0 Å². The molecule has 1 unspecified atom stereocenters. The molecule has 0 aromatic carbocycles. The fraction of sp³-hybridized carbons (Fsp3) is 0.857. The van der Waals surface area contributed by atoms with Gasteiger partial charge in [0.15, 0.2) is 0 Å². The summed E-state index contributed by atoms with van der Waals surface area (Å²) in [5.74, 6) is 0.271. The topological polar surface area (TPSA) is 23.6 Å². The van der Waals surface area contributed by atoms with Crippen molar-refractivity contribution in [2.45, 2.75) is 13.0 Å². The highest BCUT2D eigenvalue weighted by Crippen LogP contribution is 2.12. The van der Waals surface area contributed by atoms with E-state index >= 15 is 0 Å². The maximum atomic E-state index is 11.1. The summed E-state index contributed by atoms with van der Waals surface area (Å²) < 4.78 is 0. The minimum absolute atomic E-state index is 0.153. The quantitative estimate of drug-likeness (QED) is 0.498. The van der Waals surface area contributed by atoms with Gasteiger partial charge < -0.3 is 4.90 Å². The van der Waals surface area contributed by atoms with Gasteiger partial charge in [-0.1, -0.05) is 0 Å². The normalized spacial score (nSPS) is 25.4. The highest BCUT2D eigenvalue weighted by molar-refractivity contribution is 5.87. The van der Waals surface area contributed by atoms with E-state index in [9.17, 15) is 4.79 Å². The van der Waals surface area contributed by atoms with Gasteiger partial charge in [-0.25, -0.2) is 0 Å². The molecule has 1 saturated heterocycles. The number of carbonyl (C=O) groups is 1. The molecule has 0 N–H and O–H groups in total. The van der Waals surface area contributed by atoms with E-state index in [4.69, 9.17) is 0 Å². The lowest BCUT2D eigenvalue weighted by molar-refractivity contribution is -0.148. The number of rotatable bonds is 2. The first-order valence-corrected chi connectivity index (χ1v) is 3.62. The predicted molar refractivity (Wildman–Crippen MR) is 39.7 cm³/mol. The number of hydrogen-bond acceptors (Lipinski definition) is 2. The molecule has 0 aromatic heterocycles. The third-order valence-corrected chi connectivity index (χ3v) is 2.00. The Balaban J connectivity index is 2.39. The van der Waals surface area contributed by atoms with Crippen LogP contribution in [0.15, 0.2) is 0 Å². The van der Waals surface area contributed by atoms with E-state index in [1.165, 1.54) is 0 Å². The molecule has 0 radical (unpaired) electrons. The molecule has 3 heteroatoms. The molecule has 0 spiro atoms. The van der Waals surface area contributed by atoms with Crippen molar-refractivity contribution in [2.75, 3.05) is 27.2 Å². The maximum Gasteiger partial charge on any atom is 0.241 e. The smallest absolute Gasteiger partial charge is 0.241 e. The molecule has 1 aliphatic heterocycles. The molecular weight excluding hydrogens is 128 g/mol. The first-order chi connectivity index (χ1) is 4.66. The Morgan fingerprint density at radius 1 is 1.70 bits per heavy atom. The van der Waals surface area contributed by atoms with Crippen molar-refractivity contribution in [2.24, 2.45) is 0 Å². The van der Waals surface area contributed by atoms with Gasteiger partial charge in [0.25, 0.3) is 0 Å². The molecular formula is C7H14N2O. The standard InChI is InChI=1S/C7H14N2O/c1-4-9-5-6(7(9)10)8(2)3/h6H,4-5H2,1-3H3. The molecule has 1 rings (SSSR count). The van der Waals surface area contributed by atoms with Gasteiger partial charge in [-0.2, -0.15) is 0 Å². The summed E-state index contributed by atoms with van der Waals surface area (Å²) in [6.07, 6.45) is 0. The van der Waals surface area contributed by atoms with Gasteiger partial charge >= 0.3 is 0 Å². The number of likely N-dealkylation sites (N-methyl/N-ethyl adjacent to an activating group) is 2. The van der Waals surface area contributed by atoms with Crippen LogP contribution in [0.1, 0.15) is 6.92 Å². The predicted octanol–water partition coefficient (Wildman–Crippen LogP) is -0.221. The van der Waals surface area contributed by atoms with E-state index < -0.39 is 0 Å². The largest absolute Gasteiger partial charge is 0.339 e. The molecule has 0 bridgehead atoms. The number of nitrogens with zero attached hydrogens (tertiary/aromatic N) is 2. The lowest BCUT2D eigenvalue weighted by Gasteiger charge is -2.41. The molecule has 1 amide bonds. The van der Waals surface area contributed by atoms with Crippen molar-refractivity contribution in [3.8, 4) is 0 Å². The summed E-state index contributed by atoms with van der Waals surface area (Å²) in [4.78, 5) is 14.9. The van der Waals surface area contributed by atoms with Crippen molar-refractivity contribution >= 4 is 5.91 Å². The zero-order chi connectivity index (χ0) is 7.72. The van der Waals surface area contributed by atoms with Gasteiger partial charge in [0.1, 0.15) is 6.04 Å². The minimum Gasteiger partial charge on any atom is -0.339 e. The fourth-order valence-electron chi connectivity index (χ4n) is 1.14. The third kappa shape index (κ3) is 1.01. The summed E-state index contributed by atoms with van der Waals surface area (Å²) in [6, 6.07) is 0.153. The summed E-state index contributed by atoms with van der Waals surface area (Å²) in [5, 5.41) is 0. The van der Waals surface area contributed by atoms with Crippen LogP contribution in [-0.4, -0.2) is 48.9 Å². The Kier molecular flexibility index (Phi) is 1.94. The average Bonchev–Trinajstić information content (AvgIpc) is 1.85. The highest BCUT2D eigenvalue weighted by atomic mass is 16.2. The Morgan fingerprint density at radius 2 is 2.30 bits per heavy atom. The van der Waals surface area contributed by atoms with E-state index in [0.717, 1.165) is 13.1 Å². The number of carbonyl (C=O) groups excluding carboxylic acids is 1. The first kappa shape index (κ1) is 7.54. The average molecular weight is 142 g/mol. The number of amides is 1. The molecule has 1 fully saturated rings. The SMILES string of the molecule is CCN1CC(N(C)C)C1=O. The van der Waals surface area contributed by atoms with Crippen molar-refractivity contribution in [1.82, 2.24) is 9.80 Å². The zero-order valence-electron chi connectivity index (χ0n) is 6.79. The van der Waals surface area contributed by atoms with Crippen LogP contribution in [0.4, 0.5) is 0 Å². The van der Waals surface area contributed by atoms with Gasteiger partial charge in [-0.15, -0.1) is 0 Å². The number of β-lactam (4-membered cyclic amide) rings is 1. The molecule has 1 atom stereocenters. The van der Waals surface area contributed by atoms with Crippen molar-refractivity contribution in [3.63, 3.8) is 0 Å². The van der Waals surface area contributed by atoms with Crippen LogP contribution in [0.3, 0.4) is 0 Å². The van der Waals surface area contributed by atoms with Gasteiger partial charge in [-0.05, 0) is 21.0 Å². The van der Waals surface area contributed by atoms with Crippen LogP contribution >= 0.6 is 0 Å². The Labute approximate surface area is 61.6 Å². The van der Waals surface area contributed by atoms with Gasteiger partial charge in [0.2, 0.25) is 5.91 Å². The Hall–Kier alpha value is -0.570. The first-order valence-electron chi connectivity index (χ1n) is 3.62. The lowest BCUT2D eigenvalue weighted by Crippen LogP contribution is -2.61. The Bertz CT molecular complexity index is 145. The lowest BCUT2D eigenvalue weighted by atomic mass is 10.1. The number of likely N-dealkylation sites (tertiary alicyclic amines) is 1. The summed E-state index contributed by atoms with van der Waals surface area (Å²) in [6.45, 7) is 3.76. The van der Waals surface area contributed by atoms with E-state index in [1.807, 2.05) is 30.8 Å². The van der Waals surface area contributed by atoms with Crippen LogP contribution in [0, 0.1) is 0 Å². The van der Waals surface area contributed by atoms with Crippen LogP contribution < -0.4 is 0 Å². The van der Waals surface area contributed by atoms with Crippen molar-refractivity contribution < 1.29 is 4.79 Å². The second-order valence-corrected chi connectivity index (χ2v) is 2.86. The van der Waals surface area contributed by atoms with Crippen LogP contribution in [0.5, 0.6) is 0 Å². The minimum atomic E-state index is 0.153. The molecule has 3 nitrogen and oxygen atoms in total. The van der Waals surface area contributed by atoms with E-state index in [0.29, 0.717) is 0 Å². The van der Waals surface area contributed by atoms with Gasteiger partial charge in [0.05, 0.1) is 0 Å². The summed E-state index contributed by atoms with van der Waals surface area (Å²) >= 11 is 0. The fourth-order valence-corrected chi connectivity index (χ4v) is 1.14. The summed E-state index contributed by atoms with van der Waals surface area (Å²) in [7, 11) is 3.88. The van der Waals surface area contributed by atoms with Crippen LogP contribution in [0.25, 0.3) is 0 Å². The second kappa shape index (κ2) is 2.58. The molecule has 58 valence electrons. The monoisotopic (exact) mass is 142 g/mol. The van der Waals surface area contributed by atoms with E-state index in [-0.39, 0.29) is 11.9 Å². The molecule has 10 heavy (non-hydrogen) atoms. The molecule has 0 aromatic rings. The molecule has 0 saturated carbocycles. The van der Waals surface area contributed by atoms with Gasteiger partial charge in [0, 0.05) is 13.1 Å². The molecule has 0 aliphatic carbocycles. The molecule has 1 heterocycles. The van der Waals surface area contributed by atoms with E-state index in [2.05, 4.69) is 0 Å². The van der Waals surface area contributed by atoms with Crippen molar-refractivity contribution in [3.05, 3.63) is 0 Å². The third-order valence-electron chi connectivity index (χ3n) is 2.00. The van der Waals surface area contributed by atoms with Crippen LogP contribution in [-0.2, 0) is 4.79 Å². The number of hydrogen-bond donors (Lipinski definition) is 0. The second-order valence-electron chi connectivity index (χ2n) is 2.86.